The molecule has 2 aliphatic rings. The van der Waals surface area contributed by atoms with Gasteiger partial charge in [-0.3, -0.25) is 4.90 Å². The predicted octanol–water partition coefficient (Wildman–Crippen LogP) is 2.93. The van der Waals surface area contributed by atoms with Crippen LogP contribution in [0.25, 0.3) is 0 Å². The fourth-order valence-corrected chi connectivity index (χ4v) is 3.39. The van der Waals surface area contributed by atoms with E-state index >= 15 is 0 Å². The molecule has 0 bridgehead atoms. The third kappa shape index (κ3) is 1.99. The van der Waals surface area contributed by atoms with Crippen LogP contribution in [0.15, 0.2) is 17.8 Å². The molecule has 0 aliphatic heterocycles. The van der Waals surface area contributed by atoms with Crippen LogP contribution in [0.1, 0.15) is 33.6 Å². The first kappa shape index (κ1) is 13.6. The molecule has 0 aromatic rings. The number of hydrogen-bond donors (Lipinski definition) is 0. The number of nitrogens with zero attached hydrogens (tertiary/aromatic N) is 2. The van der Waals surface area contributed by atoms with Gasteiger partial charge in [0.2, 0.25) is 0 Å². The highest BCUT2D eigenvalue weighted by atomic mass is 16.6. The predicted molar refractivity (Wildman–Crippen MR) is 75.7 cm³/mol. The van der Waals surface area contributed by atoms with E-state index in [4.69, 9.17) is 4.84 Å². The Kier molecular flexibility index (Phi) is 3.30. The Hall–Kier alpha value is -0.830. The molecule has 0 spiro atoms. The summed E-state index contributed by atoms with van der Waals surface area (Å²) in [6.45, 7) is 11.2. The van der Waals surface area contributed by atoms with Crippen molar-refractivity contribution in [1.29, 1.82) is 0 Å². The largest absolute Gasteiger partial charge is 0.392 e. The molecule has 18 heavy (non-hydrogen) atoms. The summed E-state index contributed by atoms with van der Waals surface area (Å²) in [5, 5.41) is 4.39. The molecule has 0 unspecified atom stereocenters. The molecular weight excluding hydrogens is 224 g/mol. The minimum Gasteiger partial charge on any atom is -0.392 e. The molecule has 2 rings (SSSR count). The Morgan fingerprint density at radius 1 is 1.39 bits per heavy atom. The molecule has 3 nitrogen and oxygen atoms in total. The van der Waals surface area contributed by atoms with Crippen molar-refractivity contribution in [1.82, 2.24) is 4.90 Å². The maximum atomic E-state index is 5.35. The van der Waals surface area contributed by atoms with E-state index in [2.05, 4.69) is 51.5 Å². The Labute approximate surface area is 111 Å². The highest BCUT2D eigenvalue weighted by Crippen LogP contribution is 2.66. The van der Waals surface area contributed by atoms with Crippen molar-refractivity contribution in [3.8, 4) is 0 Å². The van der Waals surface area contributed by atoms with Crippen molar-refractivity contribution in [2.45, 2.75) is 39.2 Å². The van der Waals surface area contributed by atoms with E-state index in [9.17, 15) is 0 Å². The quantitative estimate of drug-likeness (QED) is 0.435. The zero-order chi connectivity index (χ0) is 13.6. The molecule has 0 radical (unpaired) electrons. The van der Waals surface area contributed by atoms with Crippen molar-refractivity contribution < 1.29 is 4.84 Å². The topological polar surface area (TPSA) is 24.8 Å². The van der Waals surface area contributed by atoms with Crippen molar-refractivity contribution in [3.63, 3.8) is 0 Å². The van der Waals surface area contributed by atoms with Gasteiger partial charge in [0, 0.05) is 0 Å². The molecule has 0 saturated heterocycles. The molecule has 3 atom stereocenters. The zero-order valence-electron chi connectivity index (χ0n) is 12.4. The molecule has 0 aromatic carbocycles. The van der Waals surface area contributed by atoms with Crippen LogP contribution in [0.3, 0.4) is 0 Å². The first-order valence-electron chi connectivity index (χ1n) is 6.81. The van der Waals surface area contributed by atoms with Gasteiger partial charge < -0.3 is 4.84 Å². The normalized spacial score (nSPS) is 39.6. The van der Waals surface area contributed by atoms with Gasteiger partial charge >= 0.3 is 0 Å². The van der Waals surface area contributed by atoms with Gasteiger partial charge in [-0.05, 0) is 51.1 Å². The van der Waals surface area contributed by atoms with Crippen LogP contribution in [0.5, 0.6) is 0 Å². The molecule has 0 N–H and O–H groups in total. The molecule has 0 aromatic heterocycles. The van der Waals surface area contributed by atoms with E-state index < -0.39 is 0 Å². The van der Waals surface area contributed by atoms with E-state index in [0.29, 0.717) is 12.0 Å². The van der Waals surface area contributed by atoms with Crippen LogP contribution < -0.4 is 0 Å². The van der Waals surface area contributed by atoms with Crippen LogP contribution in [0.2, 0.25) is 0 Å². The Morgan fingerprint density at radius 2 is 2.06 bits per heavy atom. The SMILES string of the molecule is C=CCO/N=C1/C[C@H]2[C@H](C[C@]1(C)N(C)C)C2(C)C. The second-order valence-corrected chi connectivity index (χ2v) is 6.73. The van der Waals surface area contributed by atoms with Gasteiger partial charge in [0.15, 0.2) is 0 Å². The second kappa shape index (κ2) is 4.37. The van der Waals surface area contributed by atoms with Crippen LogP contribution >= 0.6 is 0 Å². The number of oxime groups is 1. The molecule has 2 saturated carbocycles. The molecule has 2 aliphatic carbocycles. The average molecular weight is 250 g/mol. The molecular formula is C15H26N2O. The average Bonchev–Trinajstić information content (AvgIpc) is 2.80. The summed E-state index contributed by atoms with van der Waals surface area (Å²) in [5.74, 6) is 1.62. The highest BCUT2D eigenvalue weighted by Gasteiger charge is 2.63. The number of hydrogen-bond acceptors (Lipinski definition) is 3. The molecule has 3 heteroatoms. The van der Waals surface area contributed by atoms with Crippen molar-refractivity contribution in [2.24, 2.45) is 22.4 Å². The molecule has 0 amide bonds. The third-order valence-electron chi connectivity index (χ3n) is 5.29. The van der Waals surface area contributed by atoms with Crippen LogP contribution in [-0.4, -0.2) is 36.9 Å². The maximum Gasteiger partial charge on any atom is 0.135 e. The van der Waals surface area contributed by atoms with Gasteiger partial charge in [0.05, 0.1) is 11.3 Å². The second-order valence-electron chi connectivity index (χ2n) is 6.73. The van der Waals surface area contributed by atoms with Crippen LogP contribution in [-0.2, 0) is 4.84 Å². The number of fused-ring (bicyclic) bond motifs is 1. The van der Waals surface area contributed by atoms with E-state index in [0.717, 1.165) is 18.3 Å². The van der Waals surface area contributed by atoms with Gasteiger partial charge in [-0.15, -0.1) is 0 Å². The van der Waals surface area contributed by atoms with Crippen LogP contribution in [0.4, 0.5) is 0 Å². The Bertz CT molecular complexity index is 373. The minimum absolute atomic E-state index is 0.0378. The maximum absolute atomic E-state index is 5.35. The van der Waals surface area contributed by atoms with Gasteiger partial charge in [0.25, 0.3) is 0 Å². The summed E-state index contributed by atoms with van der Waals surface area (Å²) in [6.07, 6.45) is 4.00. The smallest absolute Gasteiger partial charge is 0.135 e. The minimum atomic E-state index is 0.0378. The molecule has 2 fully saturated rings. The zero-order valence-corrected chi connectivity index (χ0v) is 12.4. The lowest BCUT2D eigenvalue weighted by Gasteiger charge is -2.40. The lowest BCUT2D eigenvalue weighted by Crippen LogP contribution is -2.51. The van der Waals surface area contributed by atoms with Crippen LogP contribution in [0, 0.1) is 17.3 Å². The summed E-state index contributed by atoms with van der Waals surface area (Å²) in [7, 11) is 4.28. The summed E-state index contributed by atoms with van der Waals surface area (Å²) in [4.78, 5) is 7.63. The summed E-state index contributed by atoms with van der Waals surface area (Å²) >= 11 is 0. The van der Waals surface area contributed by atoms with Gasteiger partial charge in [-0.2, -0.15) is 0 Å². The van der Waals surface area contributed by atoms with Crippen molar-refractivity contribution in [2.75, 3.05) is 20.7 Å². The fraction of sp³-hybridized carbons (Fsp3) is 0.800. The van der Waals surface area contributed by atoms with E-state index in [1.807, 2.05) is 0 Å². The van der Waals surface area contributed by atoms with E-state index in [1.165, 1.54) is 12.1 Å². The fourth-order valence-electron chi connectivity index (χ4n) is 3.39. The van der Waals surface area contributed by atoms with Gasteiger partial charge in [-0.1, -0.05) is 31.7 Å². The third-order valence-corrected chi connectivity index (χ3v) is 5.29. The van der Waals surface area contributed by atoms with Gasteiger partial charge in [0.1, 0.15) is 6.61 Å². The summed E-state index contributed by atoms with van der Waals surface area (Å²) in [6, 6.07) is 0. The van der Waals surface area contributed by atoms with Crippen molar-refractivity contribution >= 4 is 5.71 Å². The van der Waals surface area contributed by atoms with E-state index in [1.54, 1.807) is 6.08 Å². The molecule has 102 valence electrons. The Balaban J connectivity index is 2.19. The summed E-state index contributed by atoms with van der Waals surface area (Å²) < 4.78 is 0. The van der Waals surface area contributed by atoms with Crippen molar-refractivity contribution in [3.05, 3.63) is 12.7 Å². The standard InChI is InChI=1S/C15H26N2O/c1-7-8-18-16-13-9-11-12(14(11,2)3)10-15(13,4)17(5)6/h7,11-12H,1,8-10H2,2-6H3/b16-13-/t11-,12-,15-/m0/s1. The van der Waals surface area contributed by atoms with E-state index in [-0.39, 0.29) is 5.54 Å². The monoisotopic (exact) mass is 250 g/mol. The first-order chi connectivity index (χ1) is 8.34. The first-order valence-corrected chi connectivity index (χ1v) is 6.81. The number of rotatable bonds is 4. The molecule has 0 heterocycles. The Morgan fingerprint density at radius 3 is 2.61 bits per heavy atom. The van der Waals surface area contributed by atoms with Gasteiger partial charge in [-0.25, -0.2) is 0 Å². The summed E-state index contributed by atoms with van der Waals surface area (Å²) in [5.41, 5.74) is 1.71. The lowest BCUT2D eigenvalue weighted by molar-refractivity contribution is 0.153. The highest BCUT2D eigenvalue weighted by molar-refractivity contribution is 5.94. The lowest BCUT2D eigenvalue weighted by atomic mass is 9.80.